The number of hydrogen-bond donors (Lipinski definition) is 0. The Hall–Kier alpha value is -0.800. The summed E-state index contributed by atoms with van der Waals surface area (Å²) in [7, 11) is 0. The van der Waals surface area contributed by atoms with Gasteiger partial charge < -0.3 is 0 Å². The molecule has 2 heterocycles. The van der Waals surface area contributed by atoms with E-state index in [4.69, 9.17) is 23.2 Å². The minimum absolute atomic E-state index is 0.274. The molecule has 0 saturated heterocycles. The van der Waals surface area contributed by atoms with E-state index in [1.54, 1.807) is 6.07 Å². The Labute approximate surface area is 98.0 Å². The van der Waals surface area contributed by atoms with Gasteiger partial charge in [0.05, 0.1) is 16.6 Å². The highest BCUT2D eigenvalue weighted by Gasteiger charge is 2.14. The second-order valence-corrected chi connectivity index (χ2v) is 4.50. The smallest absolute Gasteiger partial charge is 0.142 e. The topological polar surface area (TPSA) is 30.7 Å². The van der Waals surface area contributed by atoms with Crippen LogP contribution >= 0.6 is 23.2 Å². The molecular weight excluding hydrogens is 233 g/mol. The van der Waals surface area contributed by atoms with E-state index < -0.39 is 0 Å². The number of rotatable bonds is 1. The molecule has 0 saturated carbocycles. The molecule has 80 valence electrons. The molecule has 0 fully saturated rings. The quantitative estimate of drug-likeness (QED) is 0.717. The van der Waals surface area contributed by atoms with E-state index in [-0.39, 0.29) is 6.04 Å². The second-order valence-electron chi connectivity index (χ2n) is 3.75. The van der Waals surface area contributed by atoms with Gasteiger partial charge in [0.2, 0.25) is 0 Å². The summed E-state index contributed by atoms with van der Waals surface area (Å²) in [6, 6.07) is 2.07. The Morgan fingerprint density at radius 1 is 1.33 bits per heavy atom. The molecule has 0 spiro atoms. The first-order chi connectivity index (χ1) is 7.00. The highest BCUT2D eigenvalue weighted by Crippen LogP contribution is 2.28. The summed E-state index contributed by atoms with van der Waals surface area (Å²) in [5, 5.41) is 6.12. The third kappa shape index (κ3) is 1.70. The van der Waals surface area contributed by atoms with Gasteiger partial charge in [-0.2, -0.15) is 5.10 Å². The zero-order valence-electron chi connectivity index (χ0n) is 8.75. The summed E-state index contributed by atoms with van der Waals surface area (Å²) in [6.45, 7) is 6.05. The molecule has 0 aliphatic heterocycles. The van der Waals surface area contributed by atoms with Crippen molar-refractivity contribution in [3.8, 4) is 0 Å². The minimum Gasteiger partial charge on any atom is -0.262 e. The second kappa shape index (κ2) is 3.65. The van der Waals surface area contributed by atoms with Gasteiger partial charge in [0.25, 0.3) is 0 Å². The molecule has 0 aromatic carbocycles. The molecule has 2 rings (SSSR count). The predicted octanol–water partition coefficient (Wildman–Crippen LogP) is 3.63. The van der Waals surface area contributed by atoms with Gasteiger partial charge in [0, 0.05) is 12.1 Å². The summed E-state index contributed by atoms with van der Waals surface area (Å²) in [5.74, 6) is 0. The summed E-state index contributed by atoms with van der Waals surface area (Å²) >= 11 is 11.9. The largest absolute Gasteiger partial charge is 0.262 e. The summed E-state index contributed by atoms with van der Waals surface area (Å²) < 4.78 is 1.91. The first-order valence-corrected chi connectivity index (χ1v) is 5.47. The lowest BCUT2D eigenvalue weighted by molar-refractivity contribution is 0.547. The molecule has 0 bridgehead atoms. The van der Waals surface area contributed by atoms with Gasteiger partial charge in [-0.1, -0.05) is 23.2 Å². The molecular formula is C10H11Cl2N3. The third-order valence-electron chi connectivity index (χ3n) is 2.28. The number of halogens is 2. The van der Waals surface area contributed by atoms with Crippen LogP contribution in [0.3, 0.4) is 0 Å². The average molecular weight is 244 g/mol. The summed E-state index contributed by atoms with van der Waals surface area (Å²) in [4.78, 5) is 4.01. The molecule has 2 aromatic rings. The molecule has 0 unspecified atom stereocenters. The molecule has 3 nitrogen and oxygen atoms in total. The lowest BCUT2D eigenvalue weighted by atomic mass is 10.2. The van der Waals surface area contributed by atoms with Gasteiger partial charge >= 0.3 is 0 Å². The monoisotopic (exact) mass is 243 g/mol. The first kappa shape index (κ1) is 10.7. The fourth-order valence-electron chi connectivity index (χ4n) is 1.65. The Kier molecular flexibility index (Phi) is 2.61. The van der Waals surface area contributed by atoms with E-state index in [0.29, 0.717) is 10.3 Å². The molecule has 0 atom stereocenters. The van der Waals surface area contributed by atoms with Crippen molar-refractivity contribution in [1.82, 2.24) is 14.8 Å². The van der Waals surface area contributed by atoms with E-state index >= 15 is 0 Å². The molecule has 0 radical (unpaired) electrons. The van der Waals surface area contributed by atoms with Gasteiger partial charge in [-0.3, -0.25) is 4.68 Å². The zero-order chi connectivity index (χ0) is 11.2. The number of aryl methyl sites for hydroxylation is 1. The molecule has 0 N–H and O–H groups in total. The molecule has 0 amide bonds. The maximum absolute atomic E-state index is 6.04. The summed E-state index contributed by atoms with van der Waals surface area (Å²) in [5.41, 5.74) is 1.82. The van der Waals surface area contributed by atoms with Crippen molar-refractivity contribution in [2.45, 2.75) is 26.8 Å². The first-order valence-electron chi connectivity index (χ1n) is 4.71. The lowest BCUT2D eigenvalue weighted by Crippen LogP contribution is -2.02. The standard InChI is InChI=1S/C10H11Cl2N3/c1-5(2)15-7-4-8(11)13-10(12)9(7)6(3)14-15/h4-5H,1-3H3. The molecule has 0 aliphatic rings. The third-order valence-corrected chi connectivity index (χ3v) is 2.75. The van der Waals surface area contributed by atoms with Crippen LogP contribution < -0.4 is 0 Å². The van der Waals surface area contributed by atoms with E-state index in [1.807, 2.05) is 11.6 Å². The molecule has 0 aliphatic carbocycles. The van der Waals surface area contributed by atoms with Crippen LogP contribution in [0.5, 0.6) is 0 Å². The van der Waals surface area contributed by atoms with Crippen LogP contribution in [0.2, 0.25) is 10.3 Å². The van der Waals surface area contributed by atoms with Crippen molar-refractivity contribution in [1.29, 1.82) is 0 Å². The normalized spacial score (nSPS) is 11.6. The lowest BCUT2D eigenvalue weighted by Gasteiger charge is -2.06. The minimum atomic E-state index is 0.274. The van der Waals surface area contributed by atoms with Crippen LogP contribution in [-0.4, -0.2) is 14.8 Å². The van der Waals surface area contributed by atoms with Crippen LogP contribution in [0.1, 0.15) is 25.6 Å². The fraction of sp³-hybridized carbons (Fsp3) is 0.400. The highest BCUT2D eigenvalue weighted by atomic mass is 35.5. The zero-order valence-corrected chi connectivity index (χ0v) is 10.3. The van der Waals surface area contributed by atoms with Crippen LogP contribution in [0.25, 0.3) is 10.9 Å². The van der Waals surface area contributed by atoms with Crippen molar-refractivity contribution in [3.05, 3.63) is 22.1 Å². The maximum Gasteiger partial charge on any atom is 0.142 e. The number of aromatic nitrogens is 3. The maximum atomic E-state index is 6.04. The Morgan fingerprint density at radius 2 is 2.00 bits per heavy atom. The summed E-state index contributed by atoms with van der Waals surface area (Å²) in [6.07, 6.45) is 0. The van der Waals surface area contributed by atoms with Crippen LogP contribution in [0.4, 0.5) is 0 Å². The molecule has 2 aromatic heterocycles. The van der Waals surface area contributed by atoms with Gasteiger partial charge in [-0.15, -0.1) is 0 Å². The van der Waals surface area contributed by atoms with Gasteiger partial charge in [0.1, 0.15) is 10.3 Å². The number of hydrogen-bond acceptors (Lipinski definition) is 2. The van der Waals surface area contributed by atoms with Gasteiger partial charge in [-0.05, 0) is 20.8 Å². The Balaban J connectivity index is 2.87. The van der Waals surface area contributed by atoms with Crippen molar-refractivity contribution in [2.75, 3.05) is 0 Å². The van der Waals surface area contributed by atoms with Crippen LogP contribution in [0, 0.1) is 6.92 Å². The van der Waals surface area contributed by atoms with E-state index in [0.717, 1.165) is 16.6 Å². The van der Waals surface area contributed by atoms with E-state index in [2.05, 4.69) is 23.9 Å². The SMILES string of the molecule is Cc1nn(C(C)C)c2cc(Cl)nc(Cl)c12. The Bertz CT molecular complexity index is 517. The average Bonchev–Trinajstić information content (AvgIpc) is 2.42. The van der Waals surface area contributed by atoms with Crippen LogP contribution in [-0.2, 0) is 0 Å². The van der Waals surface area contributed by atoms with Crippen molar-refractivity contribution in [3.63, 3.8) is 0 Å². The Morgan fingerprint density at radius 3 is 2.60 bits per heavy atom. The van der Waals surface area contributed by atoms with Crippen molar-refractivity contribution < 1.29 is 0 Å². The van der Waals surface area contributed by atoms with Gasteiger partial charge in [-0.25, -0.2) is 4.98 Å². The number of nitrogens with zero attached hydrogens (tertiary/aromatic N) is 3. The van der Waals surface area contributed by atoms with Gasteiger partial charge in [0.15, 0.2) is 0 Å². The fourth-order valence-corrected chi connectivity index (χ4v) is 2.20. The van der Waals surface area contributed by atoms with Crippen molar-refractivity contribution >= 4 is 34.1 Å². The number of pyridine rings is 1. The molecule has 5 heteroatoms. The number of fused-ring (bicyclic) bond motifs is 1. The highest BCUT2D eigenvalue weighted by molar-refractivity contribution is 6.36. The molecule has 15 heavy (non-hydrogen) atoms. The van der Waals surface area contributed by atoms with Crippen LogP contribution in [0.15, 0.2) is 6.07 Å². The van der Waals surface area contributed by atoms with Crippen molar-refractivity contribution in [2.24, 2.45) is 0 Å². The van der Waals surface area contributed by atoms with E-state index in [9.17, 15) is 0 Å². The van der Waals surface area contributed by atoms with E-state index in [1.165, 1.54) is 0 Å². The predicted molar refractivity (Wildman–Crippen MR) is 62.7 cm³/mol.